The first kappa shape index (κ1) is 13.7. The first-order valence-corrected chi connectivity index (χ1v) is 6.38. The maximum absolute atomic E-state index is 12.8. The second kappa shape index (κ2) is 6.45. The van der Waals surface area contributed by atoms with Crippen molar-refractivity contribution in [2.75, 3.05) is 6.54 Å². The highest BCUT2D eigenvalue weighted by Gasteiger charge is 2.10. The molecule has 0 aliphatic carbocycles. The maximum atomic E-state index is 12.8. The molecule has 0 amide bonds. The molecule has 0 radical (unpaired) electrons. The third-order valence-corrected chi connectivity index (χ3v) is 3.17. The fourth-order valence-corrected chi connectivity index (χ4v) is 1.95. The first-order valence-electron chi connectivity index (χ1n) is 6.38. The number of benzene rings is 2. The summed E-state index contributed by atoms with van der Waals surface area (Å²) in [4.78, 5) is 0. The predicted molar refractivity (Wildman–Crippen MR) is 74.2 cm³/mol. The first-order chi connectivity index (χ1) is 9.16. The minimum atomic E-state index is -0.633. The average molecular weight is 259 g/mol. The van der Waals surface area contributed by atoms with Gasteiger partial charge in [-0.15, -0.1) is 0 Å². The van der Waals surface area contributed by atoms with Gasteiger partial charge in [-0.2, -0.15) is 0 Å². The molecule has 0 spiro atoms. The van der Waals surface area contributed by atoms with Crippen LogP contribution in [0.25, 0.3) is 0 Å². The molecule has 0 bridgehead atoms. The second-order valence-electron chi connectivity index (χ2n) is 4.61. The number of aliphatic hydroxyl groups is 1. The fourth-order valence-electron chi connectivity index (χ4n) is 1.95. The van der Waals surface area contributed by atoms with E-state index in [0.717, 1.165) is 0 Å². The van der Waals surface area contributed by atoms with Crippen molar-refractivity contribution in [2.24, 2.45) is 0 Å². The zero-order valence-electron chi connectivity index (χ0n) is 10.9. The van der Waals surface area contributed by atoms with Gasteiger partial charge in [-0.05, 0) is 30.2 Å². The minimum Gasteiger partial charge on any atom is -0.387 e. The number of hydrogen-bond donors (Lipinski definition) is 2. The Bertz CT molecular complexity index is 498. The molecule has 2 N–H and O–H groups in total. The molecule has 0 fully saturated rings. The molecule has 0 aliphatic rings. The molecule has 100 valence electrons. The van der Waals surface area contributed by atoms with E-state index in [-0.39, 0.29) is 11.9 Å². The average Bonchev–Trinajstić information content (AvgIpc) is 2.46. The summed E-state index contributed by atoms with van der Waals surface area (Å²) in [6.07, 6.45) is -0.633. The van der Waals surface area contributed by atoms with E-state index < -0.39 is 6.10 Å². The molecular formula is C16H18FNO. The van der Waals surface area contributed by atoms with Crippen LogP contribution in [0.2, 0.25) is 0 Å². The molecule has 2 nitrogen and oxygen atoms in total. The summed E-state index contributed by atoms with van der Waals surface area (Å²) in [5.74, 6) is -0.290. The predicted octanol–water partition coefficient (Wildman–Crippen LogP) is 3.21. The van der Waals surface area contributed by atoms with Crippen molar-refractivity contribution < 1.29 is 9.50 Å². The Hall–Kier alpha value is -1.71. The normalized spacial score (nSPS) is 14.1. The van der Waals surface area contributed by atoms with E-state index in [1.807, 2.05) is 37.3 Å². The lowest BCUT2D eigenvalue weighted by Gasteiger charge is -2.17. The van der Waals surface area contributed by atoms with E-state index in [4.69, 9.17) is 0 Å². The van der Waals surface area contributed by atoms with Gasteiger partial charge in [0.05, 0.1) is 6.10 Å². The quantitative estimate of drug-likeness (QED) is 0.864. The molecule has 19 heavy (non-hydrogen) atoms. The molecule has 0 heterocycles. The van der Waals surface area contributed by atoms with Gasteiger partial charge in [0.1, 0.15) is 5.82 Å². The number of rotatable bonds is 5. The van der Waals surface area contributed by atoms with Crippen LogP contribution in [0.3, 0.4) is 0 Å². The summed E-state index contributed by atoms with van der Waals surface area (Å²) in [5.41, 5.74) is 1.89. The second-order valence-corrected chi connectivity index (χ2v) is 4.61. The van der Waals surface area contributed by atoms with Crippen LogP contribution in [0.5, 0.6) is 0 Å². The molecule has 2 rings (SSSR count). The molecule has 0 saturated heterocycles. The van der Waals surface area contributed by atoms with E-state index in [1.54, 1.807) is 12.1 Å². The lowest BCUT2D eigenvalue weighted by molar-refractivity contribution is 0.170. The van der Waals surface area contributed by atoms with Gasteiger partial charge in [0.15, 0.2) is 0 Å². The fraction of sp³-hybridized carbons (Fsp3) is 0.250. The van der Waals surface area contributed by atoms with Crippen molar-refractivity contribution in [3.63, 3.8) is 0 Å². The topological polar surface area (TPSA) is 32.3 Å². The van der Waals surface area contributed by atoms with Crippen molar-refractivity contribution in [3.05, 3.63) is 71.5 Å². The third kappa shape index (κ3) is 3.88. The van der Waals surface area contributed by atoms with Crippen LogP contribution >= 0.6 is 0 Å². The van der Waals surface area contributed by atoms with Crippen molar-refractivity contribution in [2.45, 2.75) is 19.1 Å². The minimum absolute atomic E-state index is 0.163. The highest BCUT2D eigenvalue weighted by atomic mass is 19.1. The molecule has 2 aromatic carbocycles. The molecule has 0 saturated carbocycles. The van der Waals surface area contributed by atoms with E-state index in [9.17, 15) is 9.50 Å². The highest BCUT2D eigenvalue weighted by molar-refractivity contribution is 5.20. The molecule has 1 unspecified atom stereocenters. The summed E-state index contributed by atoms with van der Waals surface area (Å²) in [6.45, 7) is 2.48. The lowest BCUT2D eigenvalue weighted by atomic mass is 10.1. The summed E-state index contributed by atoms with van der Waals surface area (Å²) >= 11 is 0. The summed E-state index contributed by atoms with van der Waals surface area (Å²) in [7, 11) is 0. The molecule has 0 aliphatic heterocycles. The number of halogens is 1. The molecular weight excluding hydrogens is 241 g/mol. The van der Waals surface area contributed by atoms with Crippen molar-refractivity contribution in [1.82, 2.24) is 5.32 Å². The summed E-state index contributed by atoms with van der Waals surface area (Å²) < 4.78 is 12.8. The molecule has 2 atom stereocenters. The standard InChI is InChI=1S/C16H18FNO/c1-12(13-5-3-2-4-6-13)18-11-16(19)14-7-9-15(17)10-8-14/h2-10,12,16,18-19H,11H2,1H3/t12-,16?/m0/s1. The number of aliphatic hydroxyl groups excluding tert-OH is 1. The van der Waals surface area contributed by atoms with Gasteiger partial charge >= 0.3 is 0 Å². The zero-order valence-corrected chi connectivity index (χ0v) is 10.9. The van der Waals surface area contributed by atoms with Crippen LogP contribution in [0.1, 0.15) is 30.2 Å². The van der Waals surface area contributed by atoms with Crippen LogP contribution in [-0.2, 0) is 0 Å². The van der Waals surface area contributed by atoms with Crippen LogP contribution in [0, 0.1) is 5.82 Å². The lowest BCUT2D eigenvalue weighted by Crippen LogP contribution is -2.24. The third-order valence-electron chi connectivity index (χ3n) is 3.17. The van der Waals surface area contributed by atoms with E-state index in [1.165, 1.54) is 17.7 Å². The Morgan fingerprint density at radius 3 is 2.26 bits per heavy atom. The summed E-state index contributed by atoms with van der Waals surface area (Å²) in [5, 5.41) is 13.3. The van der Waals surface area contributed by atoms with Gasteiger partial charge in [0, 0.05) is 12.6 Å². The van der Waals surface area contributed by atoms with Gasteiger partial charge in [0.25, 0.3) is 0 Å². The van der Waals surface area contributed by atoms with Gasteiger partial charge in [0.2, 0.25) is 0 Å². The van der Waals surface area contributed by atoms with Crippen molar-refractivity contribution >= 4 is 0 Å². The van der Waals surface area contributed by atoms with Gasteiger partial charge in [-0.1, -0.05) is 42.5 Å². The zero-order chi connectivity index (χ0) is 13.7. The SMILES string of the molecule is C[C@H](NCC(O)c1ccc(F)cc1)c1ccccc1. The molecule has 2 aromatic rings. The monoisotopic (exact) mass is 259 g/mol. The highest BCUT2D eigenvalue weighted by Crippen LogP contribution is 2.15. The van der Waals surface area contributed by atoms with Crippen LogP contribution in [0.15, 0.2) is 54.6 Å². The smallest absolute Gasteiger partial charge is 0.123 e. The van der Waals surface area contributed by atoms with Gasteiger partial charge < -0.3 is 10.4 Å². The van der Waals surface area contributed by atoms with Crippen LogP contribution < -0.4 is 5.32 Å². The van der Waals surface area contributed by atoms with E-state index in [0.29, 0.717) is 12.1 Å². The summed E-state index contributed by atoms with van der Waals surface area (Å²) in [6, 6.07) is 16.1. The van der Waals surface area contributed by atoms with Crippen molar-refractivity contribution in [1.29, 1.82) is 0 Å². The Morgan fingerprint density at radius 2 is 1.63 bits per heavy atom. The van der Waals surface area contributed by atoms with Crippen LogP contribution in [-0.4, -0.2) is 11.7 Å². The maximum Gasteiger partial charge on any atom is 0.123 e. The Labute approximate surface area is 112 Å². The Kier molecular flexibility index (Phi) is 4.66. The molecule has 3 heteroatoms. The largest absolute Gasteiger partial charge is 0.387 e. The van der Waals surface area contributed by atoms with Crippen LogP contribution in [0.4, 0.5) is 4.39 Å². The molecule has 0 aromatic heterocycles. The van der Waals surface area contributed by atoms with E-state index >= 15 is 0 Å². The van der Waals surface area contributed by atoms with E-state index in [2.05, 4.69) is 5.32 Å². The van der Waals surface area contributed by atoms with Gasteiger partial charge in [-0.3, -0.25) is 0 Å². The number of hydrogen-bond acceptors (Lipinski definition) is 2. The Morgan fingerprint density at radius 1 is 1.00 bits per heavy atom. The van der Waals surface area contributed by atoms with Crippen molar-refractivity contribution in [3.8, 4) is 0 Å². The van der Waals surface area contributed by atoms with Gasteiger partial charge in [-0.25, -0.2) is 4.39 Å². The number of nitrogens with one attached hydrogen (secondary N) is 1. The Balaban J connectivity index is 1.90.